The smallest absolute Gasteiger partial charge is 0.315 e. The van der Waals surface area contributed by atoms with Gasteiger partial charge in [0.05, 0.1) is 0 Å². The van der Waals surface area contributed by atoms with E-state index in [9.17, 15) is 14.4 Å². The molecule has 1 saturated carbocycles. The third-order valence-electron chi connectivity index (χ3n) is 5.72. The zero-order valence-electron chi connectivity index (χ0n) is 16.4. The lowest BCUT2D eigenvalue weighted by Gasteiger charge is -2.31. The fourth-order valence-corrected chi connectivity index (χ4v) is 4.05. The van der Waals surface area contributed by atoms with Crippen LogP contribution < -0.4 is 10.6 Å². The lowest BCUT2D eigenvalue weighted by atomic mass is 9.93. The van der Waals surface area contributed by atoms with Crippen molar-refractivity contribution in [3.8, 4) is 0 Å². The van der Waals surface area contributed by atoms with Crippen molar-refractivity contribution in [2.75, 3.05) is 19.6 Å². The molecule has 1 aliphatic heterocycles. The van der Waals surface area contributed by atoms with Crippen molar-refractivity contribution >= 4 is 17.9 Å². The van der Waals surface area contributed by atoms with Crippen molar-refractivity contribution in [3.63, 3.8) is 0 Å². The number of carboxylic acid groups (broad SMARTS) is 1. The molecule has 1 saturated heterocycles. The third-order valence-corrected chi connectivity index (χ3v) is 5.72. The molecule has 7 heteroatoms. The molecule has 27 heavy (non-hydrogen) atoms. The fourth-order valence-electron chi connectivity index (χ4n) is 4.05. The number of carbonyl (C=O) groups is 3. The Labute approximate surface area is 162 Å². The molecule has 2 rings (SSSR count). The number of hydrogen-bond donors (Lipinski definition) is 3. The summed E-state index contributed by atoms with van der Waals surface area (Å²) in [6.07, 6.45) is 10.8. The minimum absolute atomic E-state index is 0.0674. The summed E-state index contributed by atoms with van der Waals surface area (Å²) in [6.45, 7) is 2.01. The molecule has 0 spiro atoms. The molecule has 7 nitrogen and oxygen atoms in total. The van der Waals surface area contributed by atoms with Gasteiger partial charge in [-0.25, -0.2) is 4.79 Å². The first-order valence-electron chi connectivity index (χ1n) is 10.6. The Morgan fingerprint density at radius 3 is 2.30 bits per heavy atom. The molecule has 154 valence electrons. The van der Waals surface area contributed by atoms with Crippen molar-refractivity contribution < 1.29 is 19.5 Å². The molecular formula is C20H35N3O4. The van der Waals surface area contributed by atoms with Crippen LogP contribution in [0.5, 0.6) is 0 Å². The quantitative estimate of drug-likeness (QED) is 0.535. The Kier molecular flexibility index (Phi) is 9.42. The highest BCUT2D eigenvalue weighted by atomic mass is 16.4. The number of piperidine rings is 1. The van der Waals surface area contributed by atoms with Gasteiger partial charge in [0.15, 0.2) is 0 Å². The molecule has 0 atom stereocenters. The van der Waals surface area contributed by atoms with Gasteiger partial charge in [0, 0.05) is 38.5 Å². The highest BCUT2D eigenvalue weighted by Crippen LogP contribution is 2.21. The van der Waals surface area contributed by atoms with Gasteiger partial charge in [-0.2, -0.15) is 0 Å². The minimum Gasteiger partial charge on any atom is -0.481 e. The Balaban J connectivity index is 1.46. The van der Waals surface area contributed by atoms with Crippen LogP contribution in [-0.4, -0.2) is 53.6 Å². The second-order valence-corrected chi connectivity index (χ2v) is 7.97. The van der Waals surface area contributed by atoms with E-state index in [1.165, 1.54) is 19.3 Å². The Hall–Kier alpha value is -1.79. The van der Waals surface area contributed by atoms with E-state index < -0.39 is 5.97 Å². The van der Waals surface area contributed by atoms with Gasteiger partial charge in [-0.05, 0) is 44.4 Å². The van der Waals surface area contributed by atoms with Crippen LogP contribution in [-0.2, 0) is 9.59 Å². The number of nitrogens with zero attached hydrogens (tertiary/aromatic N) is 1. The van der Waals surface area contributed by atoms with Crippen LogP contribution in [0.3, 0.4) is 0 Å². The van der Waals surface area contributed by atoms with E-state index in [1.54, 1.807) is 0 Å². The lowest BCUT2D eigenvalue weighted by Crippen LogP contribution is -2.43. The molecular weight excluding hydrogens is 346 g/mol. The molecule has 3 amide bonds. The van der Waals surface area contributed by atoms with Crippen LogP contribution >= 0.6 is 0 Å². The molecule has 1 aliphatic carbocycles. The first-order chi connectivity index (χ1) is 13.0. The van der Waals surface area contributed by atoms with Crippen molar-refractivity contribution in [2.24, 2.45) is 5.92 Å². The maximum Gasteiger partial charge on any atom is 0.315 e. The minimum atomic E-state index is -0.749. The Morgan fingerprint density at radius 1 is 0.926 bits per heavy atom. The monoisotopic (exact) mass is 381 g/mol. The van der Waals surface area contributed by atoms with Crippen LogP contribution in [0.1, 0.15) is 77.0 Å². The van der Waals surface area contributed by atoms with E-state index in [-0.39, 0.29) is 24.3 Å². The molecule has 0 unspecified atom stereocenters. The standard InChI is InChI=1S/C20H35N3O4/c24-18(23-13-10-16(11-14-23)15-19(25)26)9-5-2-6-12-21-20(27)22-17-7-3-1-4-8-17/h16-17H,1-15H2,(H,25,26)(H2,21,22,27). The molecule has 0 aromatic rings. The number of amides is 3. The molecule has 0 aromatic heterocycles. The summed E-state index contributed by atoms with van der Waals surface area (Å²) in [5.74, 6) is -0.370. The topological polar surface area (TPSA) is 98.7 Å². The van der Waals surface area contributed by atoms with Gasteiger partial charge in [0.2, 0.25) is 5.91 Å². The van der Waals surface area contributed by atoms with E-state index in [1.807, 2.05) is 4.90 Å². The van der Waals surface area contributed by atoms with Crippen LogP contribution in [0.25, 0.3) is 0 Å². The average molecular weight is 382 g/mol. The first-order valence-corrected chi connectivity index (χ1v) is 10.6. The normalized spacial score (nSPS) is 18.9. The first kappa shape index (κ1) is 21.5. The number of likely N-dealkylation sites (tertiary alicyclic amines) is 1. The number of nitrogens with one attached hydrogen (secondary N) is 2. The molecule has 3 N–H and O–H groups in total. The van der Waals surface area contributed by atoms with Gasteiger partial charge in [0.25, 0.3) is 0 Å². The average Bonchev–Trinajstić information content (AvgIpc) is 2.65. The van der Waals surface area contributed by atoms with Crippen molar-refractivity contribution in [1.82, 2.24) is 15.5 Å². The highest BCUT2D eigenvalue weighted by molar-refractivity contribution is 5.76. The van der Waals surface area contributed by atoms with E-state index >= 15 is 0 Å². The molecule has 0 aromatic carbocycles. The van der Waals surface area contributed by atoms with E-state index in [2.05, 4.69) is 10.6 Å². The summed E-state index contributed by atoms with van der Waals surface area (Å²) in [7, 11) is 0. The van der Waals surface area contributed by atoms with Gasteiger partial charge in [-0.3, -0.25) is 9.59 Å². The number of aliphatic carboxylic acids is 1. The van der Waals surface area contributed by atoms with Gasteiger partial charge in [-0.1, -0.05) is 25.7 Å². The maximum absolute atomic E-state index is 12.2. The van der Waals surface area contributed by atoms with Gasteiger partial charge in [-0.15, -0.1) is 0 Å². The number of unbranched alkanes of at least 4 members (excludes halogenated alkanes) is 2. The predicted molar refractivity (Wildman–Crippen MR) is 103 cm³/mol. The second-order valence-electron chi connectivity index (χ2n) is 7.97. The highest BCUT2D eigenvalue weighted by Gasteiger charge is 2.23. The Morgan fingerprint density at radius 2 is 1.63 bits per heavy atom. The van der Waals surface area contributed by atoms with Crippen LogP contribution in [0.2, 0.25) is 0 Å². The number of carbonyl (C=O) groups excluding carboxylic acids is 2. The van der Waals surface area contributed by atoms with Crippen LogP contribution in [0.4, 0.5) is 4.79 Å². The molecule has 2 aliphatic rings. The number of carboxylic acids is 1. The molecule has 0 bridgehead atoms. The van der Waals surface area contributed by atoms with E-state index in [4.69, 9.17) is 5.11 Å². The lowest BCUT2D eigenvalue weighted by molar-refractivity contribution is -0.138. The number of rotatable bonds is 9. The predicted octanol–water partition coefficient (Wildman–Crippen LogP) is 2.89. The summed E-state index contributed by atoms with van der Waals surface area (Å²) in [5.41, 5.74) is 0. The zero-order chi connectivity index (χ0) is 19.5. The van der Waals surface area contributed by atoms with Crippen molar-refractivity contribution in [3.05, 3.63) is 0 Å². The van der Waals surface area contributed by atoms with Crippen molar-refractivity contribution in [1.29, 1.82) is 0 Å². The summed E-state index contributed by atoms with van der Waals surface area (Å²) in [4.78, 5) is 36.7. The fraction of sp³-hybridized carbons (Fsp3) is 0.850. The zero-order valence-corrected chi connectivity index (χ0v) is 16.4. The van der Waals surface area contributed by atoms with Gasteiger partial charge < -0.3 is 20.6 Å². The largest absolute Gasteiger partial charge is 0.481 e. The summed E-state index contributed by atoms with van der Waals surface area (Å²) < 4.78 is 0. The third kappa shape index (κ3) is 8.63. The summed E-state index contributed by atoms with van der Waals surface area (Å²) >= 11 is 0. The molecule has 2 fully saturated rings. The van der Waals surface area contributed by atoms with E-state index in [0.717, 1.165) is 44.9 Å². The number of hydrogen-bond acceptors (Lipinski definition) is 3. The van der Waals surface area contributed by atoms with Crippen LogP contribution in [0.15, 0.2) is 0 Å². The molecule has 0 radical (unpaired) electrons. The SMILES string of the molecule is O=C(O)CC1CCN(C(=O)CCCCCNC(=O)NC2CCCCC2)CC1. The second kappa shape index (κ2) is 11.8. The van der Waals surface area contributed by atoms with Crippen LogP contribution in [0, 0.1) is 5.92 Å². The van der Waals surface area contributed by atoms with Gasteiger partial charge >= 0.3 is 12.0 Å². The van der Waals surface area contributed by atoms with Gasteiger partial charge in [0.1, 0.15) is 0 Å². The summed E-state index contributed by atoms with van der Waals surface area (Å²) in [5, 5.41) is 14.8. The molecule has 1 heterocycles. The Bertz CT molecular complexity index is 484. The summed E-state index contributed by atoms with van der Waals surface area (Å²) in [6, 6.07) is 0.262. The maximum atomic E-state index is 12.2. The van der Waals surface area contributed by atoms with Crippen molar-refractivity contribution in [2.45, 2.75) is 83.1 Å². The van der Waals surface area contributed by atoms with E-state index in [0.29, 0.717) is 32.1 Å². The number of urea groups is 1.